The maximum atomic E-state index is 13.1. The van der Waals surface area contributed by atoms with E-state index in [1.807, 2.05) is 0 Å². The molecular formula is C25H25N5O5S. The molecule has 0 saturated heterocycles. The van der Waals surface area contributed by atoms with Gasteiger partial charge in [0.2, 0.25) is 0 Å². The topological polar surface area (TPSA) is 154 Å². The molecule has 0 aromatic heterocycles. The standard InChI is InChI=1S/C25H25N5O5S/c1-18(25(32)33)30(36(34,35)15-14-19-6-3-2-4-7-19)23-12-10-21(11-13-23)29-24(31)20-8-5-9-22(16-20)27-17-28-26/h2-18H,26H2,1H3,(H,27,28)(H,29,31)(H,32,33)/t18-/m0/s1. The van der Waals surface area contributed by atoms with Crippen LogP contribution in [0.2, 0.25) is 0 Å². The molecule has 0 saturated carbocycles. The van der Waals surface area contributed by atoms with Crippen LogP contribution < -0.4 is 20.9 Å². The van der Waals surface area contributed by atoms with Gasteiger partial charge in [0.15, 0.2) is 0 Å². The Morgan fingerprint density at radius 1 is 1.03 bits per heavy atom. The molecule has 10 nitrogen and oxygen atoms in total. The van der Waals surface area contributed by atoms with E-state index in [1.54, 1.807) is 54.6 Å². The minimum absolute atomic E-state index is 0.131. The summed E-state index contributed by atoms with van der Waals surface area (Å²) in [5.74, 6) is 3.44. The van der Waals surface area contributed by atoms with E-state index in [0.717, 1.165) is 9.71 Å². The third-order valence-electron chi connectivity index (χ3n) is 4.99. The molecule has 3 aromatic rings. The number of sulfonamides is 1. The first-order valence-electron chi connectivity index (χ1n) is 10.7. The van der Waals surface area contributed by atoms with Crippen molar-refractivity contribution in [2.24, 2.45) is 10.8 Å². The molecule has 11 heteroatoms. The lowest BCUT2D eigenvalue weighted by Crippen LogP contribution is -2.42. The number of carbonyl (C=O) groups excluding carboxylic acids is 1. The predicted molar refractivity (Wildman–Crippen MR) is 140 cm³/mol. The zero-order valence-corrected chi connectivity index (χ0v) is 20.1. The number of carboxylic acid groups (broad SMARTS) is 1. The lowest BCUT2D eigenvalue weighted by molar-refractivity contribution is -0.137. The highest BCUT2D eigenvalue weighted by molar-refractivity contribution is 7.95. The van der Waals surface area contributed by atoms with Crippen molar-refractivity contribution in [2.45, 2.75) is 13.0 Å². The molecule has 0 aliphatic rings. The number of anilines is 2. The fourth-order valence-corrected chi connectivity index (χ4v) is 4.63. The van der Waals surface area contributed by atoms with Gasteiger partial charge in [0.1, 0.15) is 12.4 Å². The van der Waals surface area contributed by atoms with Crippen LogP contribution in [-0.2, 0) is 14.8 Å². The van der Waals surface area contributed by atoms with Crippen molar-refractivity contribution in [3.63, 3.8) is 0 Å². The van der Waals surface area contributed by atoms with Crippen LogP contribution in [0.3, 0.4) is 0 Å². The molecule has 0 bridgehead atoms. The van der Waals surface area contributed by atoms with Crippen LogP contribution in [0.1, 0.15) is 22.8 Å². The van der Waals surface area contributed by atoms with Gasteiger partial charge in [0, 0.05) is 11.3 Å². The zero-order valence-electron chi connectivity index (χ0n) is 19.3. The van der Waals surface area contributed by atoms with Gasteiger partial charge >= 0.3 is 5.97 Å². The predicted octanol–water partition coefficient (Wildman–Crippen LogP) is 3.34. The molecule has 5 N–H and O–H groups in total. The third-order valence-corrected chi connectivity index (χ3v) is 6.55. The van der Waals surface area contributed by atoms with Crippen molar-refractivity contribution in [3.8, 4) is 0 Å². The Bertz CT molecular complexity index is 1370. The minimum atomic E-state index is -4.15. The van der Waals surface area contributed by atoms with E-state index in [4.69, 9.17) is 5.84 Å². The van der Waals surface area contributed by atoms with E-state index < -0.39 is 27.9 Å². The van der Waals surface area contributed by atoms with Crippen molar-refractivity contribution in [1.29, 1.82) is 0 Å². The number of carbonyl (C=O) groups is 2. The normalized spacial score (nSPS) is 12.4. The van der Waals surface area contributed by atoms with Gasteiger partial charge < -0.3 is 15.8 Å². The maximum Gasteiger partial charge on any atom is 0.327 e. The molecule has 1 amide bonds. The largest absolute Gasteiger partial charge is 0.480 e. The second-order valence-corrected chi connectivity index (χ2v) is 9.24. The number of aliphatic carboxylic acids is 1. The Hall–Kier alpha value is -4.48. The summed E-state index contributed by atoms with van der Waals surface area (Å²) in [6.07, 6.45) is 2.68. The van der Waals surface area contributed by atoms with Crippen LogP contribution in [0.4, 0.5) is 17.1 Å². The fraction of sp³-hybridized carbons (Fsp3) is 0.0800. The van der Waals surface area contributed by atoms with E-state index in [2.05, 4.69) is 15.7 Å². The summed E-state index contributed by atoms with van der Waals surface area (Å²) in [5.41, 5.74) is 4.32. The lowest BCUT2D eigenvalue weighted by atomic mass is 10.2. The highest BCUT2D eigenvalue weighted by atomic mass is 32.2. The highest BCUT2D eigenvalue weighted by Crippen LogP contribution is 2.25. The number of benzene rings is 3. The number of hydrogen-bond acceptors (Lipinski definition) is 6. The number of amides is 1. The number of rotatable bonds is 10. The van der Waals surface area contributed by atoms with E-state index in [1.165, 1.54) is 43.6 Å². The summed E-state index contributed by atoms with van der Waals surface area (Å²) in [6, 6.07) is 19.8. The van der Waals surface area contributed by atoms with Gasteiger partial charge in [0.25, 0.3) is 15.9 Å². The van der Waals surface area contributed by atoms with Gasteiger partial charge in [-0.15, -0.1) is 0 Å². The van der Waals surface area contributed by atoms with Gasteiger partial charge in [-0.25, -0.2) is 24.0 Å². The molecule has 186 valence electrons. The molecule has 1 atom stereocenters. The molecule has 0 radical (unpaired) electrons. The van der Waals surface area contributed by atoms with E-state index >= 15 is 0 Å². The van der Waals surface area contributed by atoms with Crippen LogP contribution in [0.25, 0.3) is 6.08 Å². The number of carboxylic acids is 1. The summed E-state index contributed by atoms with van der Waals surface area (Å²) >= 11 is 0. The Morgan fingerprint density at radius 3 is 2.36 bits per heavy atom. The van der Waals surface area contributed by atoms with E-state index in [-0.39, 0.29) is 5.69 Å². The van der Waals surface area contributed by atoms with Crippen LogP contribution in [0.15, 0.2) is 89.3 Å². The lowest BCUT2D eigenvalue weighted by Gasteiger charge is -2.26. The average Bonchev–Trinajstić information content (AvgIpc) is 2.88. The first-order valence-corrected chi connectivity index (χ1v) is 12.2. The molecule has 0 fully saturated rings. The van der Waals surface area contributed by atoms with Crippen molar-refractivity contribution in [1.82, 2.24) is 5.43 Å². The number of nitrogens with zero attached hydrogens (tertiary/aromatic N) is 2. The number of hydrazine groups is 1. The summed E-state index contributed by atoms with van der Waals surface area (Å²) in [7, 11) is -4.15. The molecule has 0 aliphatic carbocycles. The average molecular weight is 508 g/mol. The van der Waals surface area contributed by atoms with Crippen LogP contribution in [0.5, 0.6) is 0 Å². The van der Waals surface area contributed by atoms with Crippen LogP contribution in [0, 0.1) is 0 Å². The van der Waals surface area contributed by atoms with E-state index in [9.17, 15) is 23.1 Å². The fourth-order valence-electron chi connectivity index (χ4n) is 3.22. The van der Waals surface area contributed by atoms with E-state index in [0.29, 0.717) is 22.5 Å². The van der Waals surface area contributed by atoms with Crippen molar-refractivity contribution in [3.05, 3.63) is 95.4 Å². The van der Waals surface area contributed by atoms with Crippen molar-refractivity contribution < 1.29 is 23.1 Å². The van der Waals surface area contributed by atoms with Gasteiger partial charge in [-0.2, -0.15) is 0 Å². The molecular weight excluding hydrogens is 482 g/mol. The molecule has 3 aromatic carbocycles. The van der Waals surface area contributed by atoms with Gasteiger partial charge in [0.05, 0.1) is 16.8 Å². The smallest absolute Gasteiger partial charge is 0.327 e. The third kappa shape index (κ3) is 6.78. The van der Waals surface area contributed by atoms with Gasteiger partial charge in [-0.3, -0.25) is 9.10 Å². The number of nitrogens with two attached hydrogens (primary N) is 1. The minimum Gasteiger partial charge on any atom is -0.480 e. The quantitative estimate of drug-likeness (QED) is 0.142. The highest BCUT2D eigenvalue weighted by Gasteiger charge is 2.30. The summed E-state index contributed by atoms with van der Waals surface area (Å²) in [4.78, 5) is 28.4. The first kappa shape index (κ1) is 26.1. The Labute approximate surface area is 208 Å². The monoisotopic (exact) mass is 507 g/mol. The van der Waals surface area contributed by atoms with Gasteiger partial charge in [-0.05, 0) is 61.0 Å². The molecule has 36 heavy (non-hydrogen) atoms. The SMILES string of the molecule is C[C@@H](C(=O)O)N(c1ccc(NC(=O)c2cccc(N=CNN)c2)cc1)S(=O)(=O)C=Cc1ccccc1. The summed E-state index contributed by atoms with van der Waals surface area (Å²) < 4.78 is 27.0. The summed E-state index contributed by atoms with van der Waals surface area (Å²) in [5, 5.41) is 13.2. The maximum absolute atomic E-state index is 13.1. The number of nitrogens with one attached hydrogen (secondary N) is 2. The zero-order chi connectivity index (χ0) is 26.1. The van der Waals surface area contributed by atoms with Crippen molar-refractivity contribution in [2.75, 3.05) is 9.62 Å². The summed E-state index contributed by atoms with van der Waals surface area (Å²) in [6.45, 7) is 1.28. The first-order chi connectivity index (χ1) is 17.2. The van der Waals surface area contributed by atoms with Crippen LogP contribution in [-0.4, -0.2) is 37.8 Å². The van der Waals surface area contributed by atoms with Crippen molar-refractivity contribution >= 4 is 51.4 Å². The second kappa shape index (κ2) is 11.8. The number of hydrogen-bond donors (Lipinski definition) is 4. The molecule has 3 rings (SSSR count). The van der Waals surface area contributed by atoms with Gasteiger partial charge in [-0.1, -0.05) is 36.4 Å². The molecule has 0 heterocycles. The Balaban J connectivity index is 1.83. The second-order valence-electron chi connectivity index (χ2n) is 7.54. The Morgan fingerprint density at radius 2 is 1.72 bits per heavy atom. The Kier molecular flexibility index (Phi) is 8.55. The number of aliphatic imine (C=N–C) groups is 1. The molecule has 0 aliphatic heterocycles. The van der Waals surface area contributed by atoms with Crippen LogP contribution >= 0.6 is 0 Å². The molecule has 0 spiro atoms. The molecule has 0 unspecified atom stereocenters.